The van der Waals surface area contributed by atoms with Crippen molar-refractivity contribution in [1.82, 2.24) is 5.32 Å². The van der Waals surface area contributed by atoms with Gasteiger partial charge in [0.1, 0.15) is 6.17 Å². The zero-order valence-corrected chi connectivity index (χ0v) is 15.5. The molecule has 1 aromatic carbocycles. The van der Waals surface area contributed by atoms with Gasteiger partial charge in [0.15, 0.2) is 9.84 Å². The first kappa shape index (κ1) is 19.2. The maximum atomic E-state index is 13.6. The summed E-state index contributed by atoms with van der Waals surface area (Å²) in [5.41, 5.74) is 2.27. The highest BCUT2D eigenvalue weighted by molar-refractivity contribution is 7.91. The third-order valence-corrected chi connectivity index (χ3v) is 6.16. The Morgan fingerprint density at radius 3 is 2.54 bits per heavy atom. The molecule has 1 atom stereocenters. The second-order valence-corrected chi connectivity index (χ2v) is 9.15. The van der Waals surface area contributed by atoms with Crippen LogP contribution in [-0.4, -0.2) is 45.7 Å². The summed E-state index contributed by atoms with van der Waals surface area (Å²) in [6.45, 7) is 6.43. The molecule has 0 aromatic heterocycles. The highest BCUT2D eigenvalue weighted by atomic mass is 32.2. The number of nitrogens with one attached hydrogen (secondary N) is 1. The lowest BCUT2D eigenvalue weighted by molar-refractivity contribution is 0.235. The van der Waals surface area contributed by atoms with E-state index in [1.807, 2.05) is 32.0 Å². The van der Waals surface area contributed by atoms with E-state index in [-0.39, 0.29) is 17.4 Å². The molecule has 4 nitrogen and oxygen atoms in total. The molecule has 2 rings (SSSR count). The van der Waals surface area contributed by atoms with Crippen molar-refractivity contribution < 1.29 is 12.8 Å². The molecule has 0 spiro atoms. The van der Waals surface area contributed by atoms with Crippen molar-refractivity contribution >= 4 is 15.5 Å². The number of hydrogen-bond acceptors (Lipinski definition) is 4. The molecule has 1 heterocycles. The average molecular weight is 357 g/mol. The van der Waals surface area contributed by atoms with Gasteiger partial charge < -0.3 is 10.2 Å². The Bertz CT molecular complexity index is 605. The van der Waals surface area contributed by atoms with E-state index in [1.54, 1.807) is 0 Å². The third-order valence-electron chi connectivity index (χ3n) is 4.55. The highest BCUT2D eigenvalue weighted by Gasteiger charge is 2.22. The Labute approximate surface area is 145 Å². The summed E-state index contributed by atoms with van der Waals surface area (Å²) in [6, 6.07) is 8.10. The third kappa shape index (κ3) is 5.74. The molecule has 1 N–H and O–H groups in total. The van der Waals surface area contributed by atoms with Crippen LogP contribution >= 0.6 is 0 Å². The Kier molecular flexibility index (Phi) is 7.04. The number of para-hydroxylation sites is 1. The quantitative estimate of drug-likeness (QED) is 0.728. The fourth-order valence-electron chi connectivity index (χ4n) is 2.90. The SMILES string of the molecule is CC(C)C(F)CCCNCc1ccccc1N1CCS(=O)(=O)CC1. The summed E-state index contributed by atoms with van der Waals surface area (Å²) >= 11 is 0. The van der Waals surface area contributed by atoms with Gasteiger partial charge in [-0.05, 0) is 36.9 Å². The molecule has 0 radical (unpaired) electrons. The monoisotopic (exact) mass is 356 g/mol. The number of nitrogens with zero attached hydrogens (tertiary/aromatic N) is 1. The molecule has 0 bridgehead atoms. The number of benzene rings is 1. The van der Waals surface area contributed by atoms with Crippen LogP contribution < -0.4 is 10.2 Å². The molecule has 136 valence electrons. The number of halogens is 1. The van der Waals surface area contributed by atoms with Gasteiger partial charge in [-0.1, -0.05) is 32.0 Å². The molecule has 0 amide bonds. The Balaban J connectivity index is 1.84. The van der Waals surface area contributed by atoms with Crippen molar-refractivity contribution in [2.24, 2.45) is 5.92 Å². The van der Waals surface area contributed by atoms with Crippen molar-refractivity contribution in [3.63, 3.8) is 0 Å². The van der Waals surface area contributed by atoms with Crippen LogP contribution in [0.5, 0.6) is 0 Å². The maximum Gasteiger partial charge on any atom is 0.153 e. The molecule has 1 saturated heterocycles. The number of rotatable bonds is 8. The lowest BCUT2D eigenvalue weighted by Crippen LogP contribution is -2.40. The molecular weight excluding hydrogens is 327 g/mol. The molecule has 1 aliphatic rings. The summed E-state index contributed by atoms with van der Waals surface area (Å²) in [4.78, 5) is 2.15. The van der Waals surface area contributed by atoms with Gasteiger partial charge in [-0.2, -0.15) is 0 Å². The summed E-state index contributed by atoms with van der Waals surface area (Å²) in [5, 5.41) is 3.38. The normalized spacial score (nSPS) is 18.8. The molecule has 0 aliphatic carbocycles. The number of sulfone groups is 1. The summed E-state index contributed by atoms with van der Waals surface area (Å²) in [7, 11) is -2.87. The molecular formula is C18H29FN2O2S. The fraction of sp³-hybridized carbons (Fsp3) is 0.667. The van der Waals surface area contributed by atoms with Gasteiger partial charge in [-0.15, -0.1) is 0 Å². The van der Waals surface area contributed by atoms with Crippen LogP contribution in [-0.2, 0) is 16.4 Å². The predicted octanol–water partition coefficient (Wildman–Crippen LogP) is 2.79. The van der Waals surface area contributed by atoms with Crippen LogP contribution in [0.1, 0.15) is 32.3 Å². The standard InChI is InChI=1S/C18H29FN2O2S/c1-15(2)17(19)7-5-9-20-14-16-6-3-4-8-18(16)21-10-12-24(22,23)13-11-21/h3-4,6,8,15,17,20H,5,7,9-14H2,1-2H3. The van der Waals surface area contributed by atoms with Crippen LogP contribution in [0.15, 0.2) is 24.3 Å². The van der Waals surface area contributed by atoms with Crippen molar-refractivity contribution in [1.29, 1.82) is 0 Å². The van der Waals surface area contributed by atoms with Crippen LogP contribution in [0, 0.1) is 5.92 Å². The van der Waals surface area contributed by atoms with Crippen molar-refractivity contribution in [2.45, 2.75) is 39.4 Å². The molecule has 1 aromatic rings. The van der Waals surface area contributed by atoms with Gasteiger partial charge in [0.05, 0.1) is 11.5 Å². The Morgan fingerprint density at radius 1 is 1.21 bits per heavy atom. The zero-order chi connectivity index (χ0) is 17.6. The van der Waals surface area contributed by atoms with Gasteiger partial charge in [-0.3, -0.25) is 0 Å². The average Bonchev–Trinajstić information content (AvgIpc) is 2.55. The molecule has 6 heteroatoms. The number of hydrogen-bond donors (Lipinski definition) is 1. The summed E-state index contributed by atoms with van der Waals surface area (Å²) < 4.78 is 36.7. The van der Waals surface area contributed by atoms with Crippen molar-refractivity contribution in [3.05, 3.63) is 29.8 Å². The van der Waals surface area contributed by atoms with Crippen LogP contribution in [0.3, 0.4) is 0 Å². The summed E-state index contributed by atoms with van der Waals surface area (Å²) in [5.74, 6) is 0.532. The molecule has 1 unspecified atom stereocenters. The first-order valence-corrected chi connectivity index (χ1v) is 10.6. The van der Waals surface area contributed by atoms with Crippen molar-refractivity contribution in [3.8, 4) is 0 Å². The smallest absolute Gasteiger partial charge is 0.153 e. The highest BCUT2D eigenvalue weighted by Crippen LogP contribution is 2.22. The largest absolute Gasteiger partial charge is 0.369 e. The summed E-state index contributed by atoms with van der Waals surface area (Å²) in [6.07, 6.45) is 0.689. The Morgan fingerprint density at radius 2 is 1.88 bits per heavy atom. The van der Waals surface area contributed by atoms with E-state index in [1.165, 1.54) is 0 Å². The minimum atomic E-state index is -2.87. The zero-order valence-electron chi connectivity index (χ0n) is 14.7. The van der Waals surface area contributed by atoms with Crippen molar-refractivity contribution in [2.75, 3.05) is 36.0 Å². The fourth-order valence-corrected chi connectivity index (χ4v) is 4.10. The van der Waals surface area contributed by atoms with E-state index in [2.05, 4.69) is 16.3 Å². The lowest BCUT2D eigenvalue weighted by Gasteiger charge is -2.30. The van der Waals surface area contributed by atoms with Gasteiger partial charge in [0.2, 0.25) is 0 Å². The van der Waals surface area contributed by atoms with E-state index in [9.17, 15) is 12.8 Å². The van der Waals surface area contributed by atoms with E-state index in [0.717, 1.165) is 30.8 Å². The second kappa shape index (κ2) is 8.81. The van der Waals surface area contributed by atoms with Crippen LogP contribution in [0.2, 0.25) is 0 Å². The minimum Gasteiger partial charge on any atom is -0.369 e. The van der Waals surface area contributed by atoms with Crippen LogP contribution in [0.25, 0.3) is 0 Å². The Hall–Kier alpha value is -1.14. The molecule has 0 saturated carbocycles. The second-order valence-electron chi connectivity index (χ2n) is 6.85. The first-order valence-electron chi connectivity index (χ1n) is 8.77. The van der Waals surface area contributed by atoms with Gasteiger partial charge >= 0.3 is 0 Å². The molecule has 1 aliphatic heterocycles. The van der Waals surface area contributed by atoms with E-state index in [0.29, 0.717) is 19.5 Å². The van der Waals surface area contributed by atoms with E-state index < -0.39 is 16.0 Å². The predicted molar refractivity (Wildman–Crippen MR) is 98.0 cm³/mol. The van der Waals surface area contributed by atoms with Crippen LogP contribution in [0.4, 0.5) is 10.1 Å². The van der Waals surface area contributed by atoms with E-state index >= 15 is 0 Å². The number of anilines is 1. The molecule has 24 heavy (non-hydrogen) atoms. The maximum absolute atomic E-state index is 13.6. The van der Waals surface area contributed by atoms with Gasteiger partial charge in [0, 0.05) is 25.3 Å². The van der Waals surface area contributed by atoms with E-state index in [4.69, 9.17) is 0 Å². The molecule has 1 fully saturated rings. The topological polar surface area (TPSA) is 49.4 Å². The number of alkyl halides is 1. The first-order chi connectivity index (χ1) is 11.4. The lowest BCUT2D eigenvalue weighted by atomic mass is 10.0. The minimum absolute atomic E-state index is 0.0844. The van der Waals surface area contributed by atoms with Gasteiger partial charge in [-0.25, -0.2) is 12.8 Å². The van der Waals surface area contributed by atoms with Gasteiger partial charge in [0.25, 0.3) is 0 Å².